The molecule has 1 nitrogen and oxygen atoms in total. The molecule has 1 atom stereocenters. The predicted molar refractivity (Wildman–Crippen MR) is 56.8 cm³/mol. The van der Waals surface area contributed by atoms with Crippen molar-refractivity contribution in [3.05, 3.63) is 33.8 Å². The van der Waals surface area contributed by atoms with Crippen molar-refractivity contribution >= 4 is 23.2 Å². The van der Waals surface area contributed by atoms with Crippen LogP contribution in [0.2, 0.25) is 10.0 Å². The monoisotopic (exact) mass is 218 g/mol. The number of hydrogen-bond acceptors (Lipinski definition) is 1. The van der Waals surface area contributed by atoms with E-state index < -0.39 is 0 Å². The number of hydrogen-bond donors (Lipinski definition) is 0. The third-order valence-corrected chi connectivity index (χ3v) is 2.47. The second kappa shape index (κ2) is 4.85. The first-order valence-corrected chi connectivity index (χ1v) is 4.84. The summed E-state index contributed by atoms with van der Waals surface area (Å²) in [5.41, 5.74) is 1.08. The summed E-state index contributed by atoms with van der Waals surface area (Å²) < 4.78 is 5.05. The zero-order chi connectivity index (χ0) is 9.84. The highest BCUT2D eigenvalue weighted by Gasteiger charge is 2.09. The number of rotatable bonds is 3. The smallest absolute Gasteiger partial charge is 0.0528 e. The SMILES string of the molecule is COC[C@H](C)c1ccc(Cl)cc1Cl. The van der Waals surface area contributed by atoms with Crippen molar-refractivity contribution in [1.29, 1.82) is 0 Å². The zero-order valence-corrected chi connectivity index (χ0v) is 9.19. The molecule has 0 saturated heterocycles. The minimum atomic E-state index is 0.301. The Labute approximate surface area is 88.6 Å². The number of halogens is 2. The van der Waals surface area contributed by atoms with Gasteiger partial charge in [0.05, 0.1) is 6.61 Å². The third-order valence-electron chi connectivity index (χ3n) is 1.91. The standard InChI is InChI=1S/C10H12Cl2O/c1-7(6-13-2)9-4-3-8(11)5-10(9)12/h3-5,7H,6H2,1-2H3/t7-/m0/s1. The highest BCUT2D eigenvalue weighted by atomic mass is 35.5. The maximum Gasteiger partial charge on any atom is 0.0528 e. The van der Waals surface area contributed by atoms with E-state index in [4.69, 9.17) is 27.9 Å². The van der Waals surface area contributed by atoms with E-state index >= 15 is 0 Å². The van der Waals surface area contributed by atoms with Crippen molar-refractivity contribution in [2.24, 2.45) is 0 Å². The van der Waals surface area contributed by atoms with Gasteiger partial charge in [0.2, 0.25) is 0 Å². The molecule has 13 heavy (non-hydrogen) atoms. The van der Waals surface area contributed by atoms with E-state index in [0.29, 0.717) is 22.6 Å². The number of ether oxygens (including phenoxy) is 1. The lowest BCUT2D eigenvalue weighted by atomic mass is 10.0. The lowest BCUT2D eigenvalue weighted by molar-refractivity contribution is 0.184. The molecule has 0 aliphatic heterocycles. The summed E-state index contributed by atoms with van der Waals surface area (Å²) in [6.45, 7) is 2.74. The molecule has 1 aromatic rings. The Balaban J connectivity index is 2.88. The van der Waals surface area contributed by atoms with Gasteiger partial charge < -0.3 is 4.74 Å². The van der Waals surface area contributed by atoms with Crippen LogP contribution in [0.25, 0.3) is 0 Å². The molecule has 0 heterocycles. The fourth-order valence-corrected chi connectivity index (χ4v) is 1.84. The Kier molecular flexibility index (Phi) is 4.04. The molecule has 0 N–H and O–H groups in total. The second-order valence-corrected chi connectivity index (χ2v) is 3.87. The molecule has 0 aromatic heterocycles. The molecule has 1 rings (SSSR count). The number of methoxy groups -OCH3 is 1. The maximum atomic E-state index is 6.02. The van der Waals surface area contributed by atoms with Gasteiger partial charge in [0.25, 0.3) is 0 Å². The molecule has 0 aliphatic rings. The van der Waals surface area contributed by atoms with Crippen molar-refractivity contribution in [2.45, 2.75) is 12.8 Å². The fraction of sp³-hybridized carbons (Fsp3) is 0.400. The molecule has 0 fully saturated rings. The van der Waals surface area contributed by atoms with E-state index in [1.807, 2.05) is 12.1 Å². The van der Waals surface area contributed by atoms with Crippen LogP contribution < -0.4 is 0 Å². The quantitative estimate of drug-likeness (QED) is 0.752. The zero-order valence-electron chi connectivity index (χ0n) is 7.68. The Bertz CT molecular complexity index is 286. The van der Waals surface area contributed by atoms with Gasteiger partial charge in [-0.25, -0.2) is 0 Å². The first-order valence-electron chi connectivity index (χ1n) is 4.09. The van der Waals surface area contributed by atoms with Crippen molar-refractivity contribution < 1.29 is 4.74 Å². The molecule has 0 amide bonds. The summed E-state index contributed by atoms with van der Waals surface area (Å²) in [6.07, 6.45) is 0. The summed E-state index contributed by atoms with van der Waals surface area (Å²) >= 11 is 11.8. The van der Waals surface area contributed by atoms with Crippen molar-refractivity contribution in [2.75, 3.05) is 13.7 Å². The summed E-state index contributed by atoms with van der Waals surface area (Å²) in [5, 5.41) is 1.37. The topological polar surface area (TPSA) is 9.23 Å². The minimum absolute atomic E-state index is 0.301. The molecule has 1 aromatic carbocycles. The van der Waals surface area contributed by atoms with Gasteiger partial charge in [0.1, 0.15) is 0 Å². The molecule has 0 radical (unpaired) electrons. The first-order chi connectivity index (χ1) is 6.15. The van der Waals surface area contributed by atoms with Crippen LogP contribution in [0.4, 0.5) is 0 Å². The van der Waals surface area contributed by atoms with Crippen molar-refractivity contribution in [1.82, 2.24) is 0 Å². The average molecular weight is 219 g/mol. The fourth-order valence-electron chi connectivity index (χ4n) is 1.24. The predicted octanol–water partition coefficient (Wildman–Crippen LogP) is 3.74. The van der Waals surface area contributed by atoms with Crippen LogP contribution in [0, 0.1) is 0 Å². The van der Waals surface area contributed by atoms with Crippen LogP contribution in [-0.4, -0.2) is 13.7 Å². The highest BCUT2D eigenvalue weighted by Crippen LogP contribution is 2.27. The Hall–Kier alpha value is -0.240. The van der Waals surface area contributed by atoms with E-state index in [-0.39, 0.29) is 0 Å². The van der Waals surface area contributed by atoms with Crippen molar-refractivity contribution in [3.63, 3.8) is 0 Å². The van der Waals surface area contributed by atoms with Crippen molar-refractivity contribution in [3.8, 4) is 0 Å². The van der Waals surface area contributed by atoms with Gasteiger partial charge in [-0.2, -0.15) is 0 Å². The van der Waals surface area contributed by atoms with Gasteiger partial charge >= 0.3 is 0 Å². The van der Waals surface area contributed by atoms with Crippen LogP contribution in [0.1, 0.15) is 18.4 Å². The molecule has 0 spiro atoms. The molecule has 0 aliphatic carbocycles. The number of benzene rings is 1. The minimum Gasteiger partial charge on any atom is -0.384 e. The van der Waals surface area contributed by atoms with Gasteiger partial charge in [-0.15, -0.1) is 0 Å². The molecule has 3 heteroatoms. The first kappa shape index (κ1) is 10.8. The van der Waals surface area contributed by atoms with Gasteiger partial charge in [-0.05, 0) is 17.7 Å². The van der Waals surface area contributed by atoms with Crippen LogP contribution in [0.3, 0.4) is 0 Å². The van der Waals surface area contributed by atoms with E-state index in [0.717, 1.165) is 5.56 Å². The van der Waals surface area contributed by atoms with Crippen LogP contribution in [0.15, 0.2) is 18.2 Å². The van der Waals surface area contributed by atoms with Gasteiger partial charge in [0.15, 0.2) is 0 Å². The molecule has 0 unspecified atom stereocenters. The van der Waals surface area contributed by atoms with Crippen LogP contribution >= 0.6 is 23.2 Å². The van der Waals surface area contributed by atoms with Gasteiger partial charge in [0, 0.05) is 23.1 Å². The van der Waals surface area contributed by atoms with E-state index in [1.165, 1.54) is 0 Å². The lowest BCUT2D eigenvalue weighted by Gasteiger charge is -2.12. The molecule has 0 bridgehead atoms. The molecule has 72 valence electrons. The largest absolute Gasteiger partial charge is 0.384 e. The summed E-state index contributed by atoms with van der Waals surface area (Å²) in [4.78, 5) is 0. The molecular formula is C10H12Cl2O. The van der Waals surface area contributed by atoms with E-state index in [1.54, 1.807) is 13.2 Å². The molecule has 0 saturated carbocycles. The third kappa shape index (κ3) is 2.87. The maximum absolute atomic E-state index is 6.02. The second-order valence-electron chi connectivity index (χ2n) is 3.02. The van der Waals surface area contributed by atoms with E-state index in [2.05, 4.69) is 6.92 Å². The Morgan fingerprint density at radius 1 is 1.38 bits per heavy atom. The summed E-state index contributed by atoms with van der Waals surface area (Å²) in [6, 6.07) is 5.54. The summed E-state index contributed by atoms with van der Waals surface area (Å²) in [7, 11) is 1.68. The summed E-state index contributed by atoms with van der Waals surface area (Å²) in [5.74, 6) is 0.301. The highest BCUT2D eigenvalue weighted by molar-refractivity contribution is 6.35. The molecular weight excluding hydrogens is 207 g/mol. The Morgan fingerprint density at radius 3 is 2.62 bits per heavy atom. The normalized spacial score (nSPS) is 12.9. The van der Waals surface area contributed by atoms with Gasteiger partial charge in [-0.3, -0.25) is 0 Å². The van der Waals surface area contributed by atoms with Gasteiger partial charge in [-0.1, -0.05) is 36.2 Å². The van der Waals surface area contributed by atoms with Crippen LogP contribution in [0.5, 0.6) is 0 Å². The van der Waals surface area contributed by atoms with E-state index in [9.17, 15) is 0 Å². The van der Waals surface area contributed by atoms with Crippen LogP contribution in [-0.2, 0) is 4.74 Å². The Morgan fingerprint density at radius 2 is 2.08 bits per heavy atom. The lowest BCUT2D eigenvalue weighted by Crippen LogP contribution is -2.02. The average Bonchev–Trinajstić information content (AvgIpc) is 2.04.